The molecule has 1 aromatic heterocycles. The van der Waals surface area contributed by atoms with Crippen LogP contribution in [0.3, 0.4) is 0 Å². The molecule has 1 heterocycles. The molecule has 0 atom stereocenters. The number of rotatable bonds is 3. The fourth-order valence-corrected chi connectivity index (χ4v) is 2.22. The van der Waals surface area contributed by atoms with Crippen molar-refractivity contribution < 1.29 is 4.74 Å². The molecule has 2 rings (SSSR count). The van der Waals surface area contributed by atoms with Gasteiger partial charge < -0.3 is 4.74 Å². The Labute approximate surface area is 128 Å². The lowest BCUT2D eigenvalue weighted by atomic mass is 10.1. The van der Waals surface area contributed by atoms with Crippen LogP contribution in [0.1, 0.15) is 31.2 Å². The van der Waals surface area contributed by atoms with E-state index in [2.05, 4.69) is 9.97 Å². The lowest BCUT2D eigenvalue weighted by Crippen LogP contribution is -2.02. The van der Waals surface area contributed by atoms with E-state index >= 15 is 0 Å². The van der Waals surface area contributed by atoms with E-state index in [-0.39, 0.29) is 5.92 Å². The van der Waals surface area contributed by atoms with Gasteiger partial charge in [-0.15, -0.1) is 0 Å². The average molecular weight is 311 g/mol. The van der Waals surface area contributed by atoms with Gasteiger partial charge in [-0.1, -0.05) is 43.1 Å². The van der Waals surface area contributed by atoms with Crippen LogP contribution >= 0.6 is 23.2 Å². The zero-order chi connectivity index (χ0) is 14.9. The van der Waals surface area contributed by atoms with Crippen molar-refractivity contribution in [3.8, 4) is 17.0 Å². The van der Waals surface area contributed by atoms with E-state index in [1.54, 1.807) is 13.2 Å². The molecule has 0 aliphatic heterocycles. The van der Waals surface area contributed by atoms with Gasteiger partial charge in [0.25, 0.3) is 0 Å². The van der Waals surface area contributed by atoms with Crippen LogP contribution in [0.25, 0.3) is 11.3 Å². The van der Waals surface area contributed by atoms with Crippen LogP contribution < -0.4 is 4.74 Å². The summed E-state index contributed by atoms with van der Waals surface area (Å²) in [6.45, 7) is 5.98. The van der Waals surface area contributed by atoms with Crippen LogP contribution in [0.5, 0.6) is 5.75 Å². The molecule has 0 saturated heterocycles. The number of methoxy groups -OCH3 is 1. The molecule has 2 aromatic rings. The second kappa shape index (κ2) is 5.98. The summed E-state index contributed by atoms with van der Waals surface area (Å²) >= 11 is 12.3. The first-order chi connectivity index (χ1) is 9.43. The maximum absolute atomic E-state index is 6.21. The van der Waals surface area contributed by atoms with Crippen LogP contribution in [-0.2, 0) is 0 Å². The Morgan fingerprint density at radius 3 is 2.45 bits per heavy atom. The van der Waals surface area contributed by atoms with Crippen LogP contribution in [0.2, 0.25) is 10.2 Å². The summed E-state index contributed by atoms with van der Waals surface area (Å²) in [6.07, 6.45) is 0. The van der Waals surface area contributed by atoms with Gasteiger partial charge in [-0.05, 0) is 19.1 Å². The van der Waals surface area contributed by atoms with Gasteiger partial charge in [0.2, 0.25) is 0 Å². The normalized spacial score (nSPS) is 10.9. The molecular weight excluding hydrogens is 295 g/mol. The van der Waals surface area contributed by atoms with Crippen LogP contribution in [0.15, 0.2) is 18.2 Å². The number of ether oxygens (including phenoxy) is 1. The van der Waals surface area contributed by atoms with Crippen molar-refractivity contribution in [1.29, 1.82) is 0 Å². The van der Waals surface area contributed by atoms with E-state index in [1.165, 1.54) is 0 Å². The molecule has 106 valence electrons. The molecule has 5 heteroatoms. The molecule has 3 nitrogen and oxygen atoms in total. The topological polar surface area (TPSA) is 35.0 Å². The van der Waals surface area contributed by atoms with Gasteiger partial charge in [0.15, 0.2) is 0 Å². The number of halogens is 2. The molecule has 0 fully saturated rings. The summed E-state index contributed by atoms with van der Waals surface area (Å²) in [7, 11) is 1.59. The first-order valence-corrected chi connectivity index (χ1v) is 7.07. The van der Waals surface area contributed by atoms with Gasteiger partial charge in [-0.3, -0.25) is 0 Å². The minimum Gasteiger partial charge on any atom is -0.495 e. The molecule has 20 heavy (non-hydrogen) atoms. The molecule has 0 saturated carbocycles. The summed E-state index contributed by atoms with van der Waals surface area (Å²) in [4.78, 5) is 8.93. The first-order valence-electron chi connectivity index (χ1n) is 6.32. The Morgan fingerprint density at radius 1 is 1.15 bits per heavy atom. The third-order valence-electron chi connectivity index (χ3n) is 3.04. The van der Waals surface area contributed by atoms with Gasteiger partial charge in [-0.2, -0.15) is 0 Å². The zero-order valence-corrected chi connectivity index (χ0v) is 13.4. The average Bonchev–Trinajstić information content (AvgIpc) is 2.42. The monoisotopic (exact) mass is 310 g/mol. The third-order valence-corrected chi connectivity index (χ3v) is 3.72. The SMILES string of the molecule is COc1cc(-c2nc(C(C)C)nc(Cl)c2C)ccc1Cl. The number of nitrogens with zero attached hydrogens (tertiary/aromatic N) is 2. The molecule has 0 aliphatic carbocycles. The Morgan fingerprint density at radius 2 is 1.85 bits per heavy atom. The number of benzene rings is 1. The minimum absolute atomic E-state index is 0.209. The van der Waals surface area contributed by atoms with Crippen LogP contribution in [-0.4, -0.2) is 17.1 Å². The molecule has 0 N–H and O–H groups in total. The van der Waals surface area contributed by atoms with Crippen molar-refractivity contribution in [2.24, 2.45) is 0 Å². The standard InChI is InChI=1S/C15H16Cl2N2O/c1-8(2)15-18-13(9(3)14(17)19-15)10-5-6-11(16)12(7-10)20-4/h5-8H,1-4H3. The van der Waals surface area contributed by atoms with Gasteiger partial charge in [0, 0.05) is 17.0 Å². The van der Waals surface area contributed by atoms with Crippen molar-refractivity contribution >= 4 is 23.2 Å². The second-order valence-electron chi connectivity index (χ2n) is 4.85. The molecule has 0 amide bonds. The van der Waals surface area contributed by atoms with Crippen molar-refractivity contribution in [3.63, 3.8) is 0 Å². The fraction of sp³-hybridized carbons (Fsp3) is 0.333. The van der Waals surface area contributed by atoms with Gasteiger partial charge in [0.1, 0.15) is 16.7 Å². The van der Waals surface area contributed by atoms with E-state index in [0.29, 0.717) is 15.9 Å². The highest BCUT2D eigenvalue weighted by Crippen LogP contribution is 2.33. The zero-order valence-electron chi connectivity index (χ0n) is 11.9. The second-order valence-corrected chi connectivity index (χ2v) is 5.62. The van der Waals surface area contributed by atoms with Crippen LogP contribution in [0.4, 0.5) is 0 Å². The first kappa shape index (κ1) is 15.1. The van der Waals surface area contributed by atoms with E-state index in [4.69, 9.17) is 27.9 Å². The van der Waals surface area contributed by atoms with E-state index in [1.807, 2.05) is 32.9 Å². The molecule has 0 radical (unpaired) electrons. The van der Waals surface area contributed by atoms with Gasteiger partial charge in [0.05, 0.1) is 17.8 Å². The highest BCUT2D eigenvalue weighted by atomic mass is 35.5. The largest absolute Gasteiger partial charge is 0.495 e. The molecular formula is C15H16Cl2N2O. The highest BCUT2D eigenvalue weighted by Gasteiger charge is 2.14. The minimum atomic E-state index is 0.209. The van der Waals surface area contributed by atoms with Crippen molar-refractivity contribution in [2.45, 2.75) is 26.7 Å². The lowest BCUT2D eigenvalue weighted by molar-refractivity contribution is 0.415. The van der Waals surface area contributed by atoms with E-state index in [0.717, 1.165) is 22.6 Å². The molecule has 0 spiro atoms. The lowest BCUT2D eigenvalue weighted by Gasteiger charge is -2.12. The molecule has 0 aliphatic rings. The van der Waals surface area contributed by atoms with E-state index < -0.39 is 0 Å². The predicted molar refractivity (Wildman–Crippen MR) is 82.9 cm³/mol. The molecule has 0 unspecified atom stereocenters. The van der Waals surface area contributed by atoms with Gasteiger partial charge >= 0.3 is 0 Å². The van der Waals surface area contributed by atoms with Crippen molar-refractivity contribution in [3.05, 3.63) is 39.8 Å². The number of hydrogen-bond donors (Lipinski definition) is 0. The fourth-order valence-electron chi connectivity index (χ4n) is 1.85. The number of hydrogen-bond acceptors (Lipinski definition) is 3. The summed E-state index contributed by atoms with van der Waals surface area (Å²) in [5.74, 6) is 1.55. The number of aromatic nitrogens is 2. The summed E-state index contributed by atoms with van der Waals surface area (Å²) in [6, 6.07) is 5.55. The summed E-state index contributed by atoms with van der Waals surface area (Å²) in [5, 5.41) is 1.05. The Kier molecular flexibility index (Phi) is 4.51. The maximum Gasteiger partial charge on any atom is 0.138 e. The van der Waals surface area contributed by atoms with Crippen molar-refractivity contribution in [1.82, 2.24) is 9.97 Å². The molecule has 1 aromatic carbocycles. The Hall–Kier alpha value is -1.32. The van der Waals surface area contributed by atoms with Crippen LogP contribution in [0, 0.1) is 6.92 Å². The Balaban J connectivity index is 2.62. The molecule has 0 bridgehead atoms. The quantitative estimate of drug-likeness (QED) is 0.757. The van der Waals surface area contributed by atoms with E-state index in [9.17, 15) is 0 Å². The maximum atomic E-state index is 6.21. The van der Waals surface area contributed by atoms with Gasteiger partial charge in [-0.25, -0.2) is 9.97 Å². The highest BCUT2D eigenvalue weighted by molar-refractivity contribution is 6.32. The Bertz CT molecular complexity index is 642. The van der Waals surface area contributed by atoms with Crippen molar-refractivity contribution in [2.75, 3.05) is 7.11 Å². The predicted octanol–water partition coefficient (Wildman–Crippen LogP) is 4.89. The smallest absolute Gasteiger partial charge is 0.138 e. The summed E-state index contributed by atoms with van der Waals surface area (Å²) < 4.78 is 5.25. The third kappa shape index (κ3) is 2.89. The summed E-state index contributed by atoms with van der Waals surface area (Å²) in [5.41, 5.74) is 2.57.